The van der Waals surface area contributed by atoms with Gasteiger partial charge in [-0.15, -0.1) is 0 Å². The highest BCUT2D eigenvalue weighted by Gasteiger charge is 2.36. The van der Waals surface area contributed by atoms with Crippen LogP contribution in [0.5, 0.6) is 0 Å². The molecule has 1 unspecified atom stereocenters. The number of sulfonamides is 1. The zero-order valence-corrected chi connectivity index (χ0v) is 15.4. The molecule has 0 aliphatic carbocycles. The Bertz CT molecular complexity index is 766. The highest BCUT2D eigenvalue weighted by atomic mass is 35.5. The maximum atomic E-state index is 12.6. The van der Waals surface area contributed by atoms with Crippen molar-refractivity contribution >= 4 is 39.2 Å². The van der Waals surface area contributed by atoms with Crippen LogP contribution in [-0.2, 0) is 14.8 Å². The average molecular weight is 389 g/mol. The Hall–Kier alpha value is -1.64. The highest BCUT2D eigenvalue weighted by Crippen LogP contribution is 2.25. The number of hydrogen-bond donors (Lipinski definition) is 2. The van der Waals surface area contributed by atoms with Crippen LogP contribution < -0.4 is 5.32 Å². The lowest BCUT2D eigenvalue weighted by molar-refractivity contribution is -0.120. The second-order valence-electron chi connectivity index (χ2n) is 5.93. The smallest absolute Gasteiger partial charge is 0.337 e. The first-order chi connectivity index (χ1) is 11.8. The topological polar surface area (TPSA) is 104 Å². The maximum absolute atomic E-state index is 12.6. The van der Waals surface area contributed by atoms with Crippen LogP contribution >= 0.6 is 11.6 Å². The Kier molecular flexibility index (Phi) is 6.42. The zero-order chi connectivity index (χ0) is 18.6. The largest absolute Gasteiger partial charge is 0.478 e. The molecule has 2 rings (SSSR count). The van der Waals surface area contributed by atoms with Gasteiger partial charge in [-0.25, -0.2) is 13.2 Å². The van der Waals surface area contributed by atoms with Gasteiger partial charge in [-0.05, 0) is 37.5 Å². The Morgan fingerprint density at radius 1 is 1.36 bits per heavy atom. The summed E-state index contributed by atoms with van der Waals surface area (Å²) < 4.78 is 26.1. The summed E-state index contributed by atoms with van der Waals surface area (Å²) in [5, 5.41) is 11.6. The van der Waals surface area contributed by atoms with Gasteiger partial charge in [-0.2, -0.15) is 4.31 Å². The number of carbonyl (C=O) groups excluding carboxylic acids is 1. The quantitative estimate of drug-likeness (QED) is 0.779. The third-order valence-electron chi connectivity index (χ3n) is 4.04. The Morgan fingerprint density at radius 3 is 2.68 bits per heavy atom. The Balaban J connectivity index is 2.18. The molecule has 9 heteroatoms. The van der Waals surface area contributed by atoms with Crippen LogP contribution in [0, 0.1) is 0 Å². The van der Waals surface area contributed by atoms with Crippen molar-refractivity contribution in [2.75, 3.05) is 17.6 Å². The molecule has 1 fully saturated rings. The number of benzene rings is 1. The van der Waals surface area contributed by atoms with Crippen molar-refractivity contribution in [3.05, 3.63) is 28.8 Å². The fourth-order valence-electron chi connectivity index (χ4n) is 2.87. The molecule has 2 N–H and O–H groups in total. The van der Waals surface area contributed by atoms with E-state index < -0.39 is 27.9 Å². The Morgan fingerprint density at radius 2 is 2.08 bits per heavy atom. The van der Waals surface area contributed by atoms with E-state index in [4.69, 9.17) is 16.7 Å². The number of carboxylic acid groups (broad SMARTS) is 1. The van der Waals surface area contributed by atoms with Crippen LogP contribution in [0.3, 0.4) is 0 Å². The molecular formula is C16H21ClN2O5S. The summed E-state index contributed by atoms with van der Waals surface area (Å²) in [7, 11) is -3.48. The molecular weight excluding hydrogens is 368 g/mol. The number of carbonyl (C=O) groups is 2. The van der Waals surface area contributed by atoms with Crippen LogP contribution in [0.2, 0.25) is 5.02 Å². The van der Waals surface area contributed by atoms with Gasteiger partial charge < -0.3 is 10.4 Å². The zero-order valence-electron chi connectivity index (χ0n) is 13.9. The van der Waals surface area contributed by atoms with Gasteiger partial charge in [0.2, 0.25) is 15.9 Å². The molecule has 1 aliphatic heterocycles. The summed E-state index contributed by atoms with van der Waals surface area (Å²) in [5.41, 5.74) is 0.267. The monoisotopic (exact) mass is 388 g/mol. The molecule has 1 aliphatic rings. The average Bonchev–Trinajstić information content (AvgIpc) is 2.54. The van der Waals surface area contributed by atoms with Gasteiger partial charge in [0.1, 0.15) is 6.04 Å². The van der Waals surface area contributed by atoms with Gasteiger partial charge >= 0.3 is 5.97 Å². The molecule has 0 saturated carbocycles. The summed E-state index contributed by atoms with van der Waals surface area (Å²) in [6.07, 6.45) is 2.44. The van der Waals surface area contributed by atoms with E-state index in [2.05, 4.69) is 5.32 Å². The van der Waals surface area contributed by atoms with Crippen LogP contribution in [0.15, 0.2) is 18.2 Å². The summed E-state index contributed by atoms with van der Waals surface area (Å²) in [5.74, 6) is -1.58. The summed E-state index contributed by atoms with van der Waals surface area (Å²) >= 11 is 5.90. The predicted molar refractivity (Wildman–Crippen MR) is 95.5 cm³/mol. The molecule has 1 atom stereocenters. The van der Waals surface area contributed by atoms with Crippen LogP contribution in [-0.4, -0.2) is 48.0 Å². The fourth-order valence-corrected chi connectivity index (χ4v) is 4.87. The van der Waals surface area contributed by atoms with E-state index in [1.807, 2.05) is 0 Å². The molecule has 0 radical (unpaired) electrons. The number of amides is 1. The number of anilines is 1. The molecule has 0 aromatic heterocycles. The SMILES string of the molecule is CCCS(=O)(=O)N1CCCCC1C(=O)Nc1ccc(C(=O)O)c(Cl)c1. The Labute approximate surface area is 152 Å². The summed E-state index contributed by atoms with van der Waals surface area (Å²) in [4.78, 5) is 23.6. The molecule has 7 nitrogen and oxygen atoms in total. The van der Waals surface area contributed by atoms with E-state index in [1.54, 1.807) is 6.92 Å². The lowest BCUT2D eigenvalue weighted by Gasteiger charge is -2.33. The predicted octanol–water partition coefficient (Wildman–Crippen LogP) is 2.57. The van der Waals surface area contributed by atoms with E-state index in [9.17, 15) is 18.0 Å². The molecule has 0 spiro atoms. The van der Waals surface area contributed by atoms with Crippen LogP contribution in [0.25, 0.3) is 0 Å². The molecule has 1 heterocycles. The number of nitrogens with zero attached hydrogens (tertiary/aromatic N) is 1. The summed E-state index contributed by atoms with van der Waals surface area (Å²) in [6, 6.07) is 3.31. The number of halogens is 1. The van der Waals surface area contributed by atoms with Crippen molar-refractivity contribution in [2.24, 2.45) is 0 Å². The number of hydrogen-bond acceptors (Lipinski definition) is 4. The van der Waals surface area contributed by atoms with E-state index in [0.29, 0.717) is 25.1 Å². The first-order valence-electron chi connectivity index (χ1n) is 8.09. The lowest BCUT2D eigenvalue weighted by Crippen LogP contribution is -2.50. The van der Waals surface area contributed by atoms with Crippen LogP contribution in [0.1, 0.15) is 43.0 Å². The van der Waals surface area contributed by atoms with Crippen molar-refractivity contribution < 1.29 is 23.1 Å². The first kappa shape index (κ1) is 19.7. The molecule has 1 aromatic carbocycles. The van der Waals surface area contributed by atoms with Gasteiger partial charge in [-0.3, -0.25) is 4.79 Å². The molecule has 1 amide bonds. The number of rotatable bonds is 6. The number of piperidine rings is 1. The van der Waals surface area contributed by atoms with E-state index in [-0.39, 0.29) is 16.3 Å². The van der Waals surface area contributed by atoms with Crippen molar-refractivity contribution in [3.63, 3.8) is 0 Å². The second-order valence-corrected chi connectivity index (χ2v) is 8.38. The molecule has 1 aromatic rings. The fraction of sp³-hybridized carbons (Fsp3) is 0.500. The number of aromatic carboxylic acids is 1. The van der Waals surface area contributed by atoms with Gasteiger partial charge in [0, 0.05) is 12.2 Å². The minimum Gasteiger partial charge on any atom is -0.478 e. The first-order valence-corrected chi connectivity index (χ1v) is 10.1. The molecule has 1 saturated heterocycles. The number of carboxylic acids is 1. The van der Waals surface area contributed by atoms with Gasteiger partial charge in [0.25, 0.3) is 0 Å². The molecule has 25 heavy (non-hydrogen) atoms. The van der Waals surface area contributed by atoms with Gasteiger partial charge in [0.05, 0.1) is 16.3 Å². The maximum Gasteiger partial charge on any atom is 0.337 e. The van der Waals surface area contributed by atoms with Crippen molar-refractivity contribution in [3.8, 4) is 0 Å². The van der Waals surface area contributed by atoms with Gasteiger partial charge in [-0.1, -0.05) is 24.9 Å². The third-order valence-corrected chi connectivity index (χ3v) is 6.43. The minimum absolute atomic E-state index is 0.00408. The van der Waals surface area contributed by atoms with E-state index in [1.165, 1.54) is 22.5 Å². The second kappa shape index (κ2) is 8.16. The minimum atomic E-state index is -3.48. The highest BCUT2D eigenvalue weighted by molar-refractivity contribution is 7.89. The summed E-state index contributed by atoms with van der Waals surface area (Å²) in [6.45, 7) is 2.11. The van der Waals surface area contributed by atoms with Crippen molar-refractivity contribution in [1.82, 2.24) is 4.31 Å². The van der Waals surface area contributed by atoms with E-state index >= 15 is 0 Å². The van der Waals surface area contributed by atoms with E-state index in [0.717, 1.165) is 12.8 Å². The third kappa shape index (κ3) is 4.71. The molecule has 138 valence electrons. The van der Waals surface area contributed by atoms with Gasteiger partial charge in [0.15, 0.2) is 0 Å². The number of nitrogens with one attached hydrogen (secondary N) is 1. The normalized spacial score (nSPS) is 18.7. The van der Waals surface area contributed by atoms with Crippen molar-refractivity contribution in [1.29, 1.82) is 0 Å². The van der Waals surface area contributed by atoms with Crippen LogP contribution in [0.4, 0.5) is 5.69 Å². The van der Waals surface area contributed by atoms with Crippen molar-refractivity contribution in [2.45, 2.75) is 38.6 Å². The lowest BCUT2D eigenvalue weighted by atomic mass is 10.0. The molecule has 0 bridgehead atoms. The standard InChI is InChI=1S/C16H21ClN2O5S/c1-2-9-25(23,24)19-8-4-3-5-14(19)15(20)18-11-6-7-12(16(21)22)13(17)10-11/h6-7,10,14H,2-5,8-9H2,1H3,(H,18,20)(H,21,22).